The number of carboxylic acid groups (broad SMARTS) is 1. The van der Waals surface area contributed by atoms with E-state index in [4.69, 9.17) is 20.2 Å². The highest BCUT2D eigenvalue weighted by Crippen LogP contribution is 2.60. The minimum absolute atomic E-state index is 0.0355. The highest BCUT2D eigenvalue weighted by molar-refractivity contribution is 7.22. The maximum Gasteiger partial charge on any atom is 0.355 e. The topological polar surface area (TPSA) is 122 Å². The first-order valence-corrected chi connectivity index (χ1v) is 19.0. The lowest BCUT2D eigenvalue weighted by atomic mass is 9.49. The number of rotatable bonds is 8. The zero-order chi connectivity index (χ0) is 34.3. The minimum atomic E-state index is -1.05. The van der Waals surface area contributed by atoms with Crippen LogP contribution in [-0.2, 0) is 13.0 Å². The first kappa shape index (κ1) is 31.6. The first-order valence-electron chi connectivity index (χ1n) is 18.2. The molecular formula is C39H44N8O2S. The van der Waals surface area contributed by atoms with E-state index in [1.54, 1.807) is 11.3 Å². The number of pyridine rings is 1. The Bertz CT molecular complexity index is 2070. The number of carbonyl (C=O) groups is 1. The van der Waals surface area contributed by atoms with Crippen LogP contribution in [0, 0.1) is 42.9 Å². The van der Waals surface area contributed by atoms with E-state index in [2.05, 4.69) is 53.8 Å². The summed E-state index contributed by atoms with van der Waals surface area (Å²) in [5.74, 6) is 3.84. The largest absolute Gasteiger partial charge is 0.476 e. The van der Waals surface area contributed by atoms with Crippen molar-refractivity contribution in [1.82, 2.24) is 29.9 Å². The molecule has 1 aromatic carbocycles. The summed E-state index contributed by atoms with van der Waals surface area (Å²) in [5.41, 5.74) is 5.87. The lowest BCUT2D eigenvalue weighted by Gasteiger charge is -2.56. The van der Waals surface area contributed by atoms with E-state index in [-0.39, 0.29) is 17.7 Å². The summed E-state index contributed by atoms with van der Waals surface area (Å²) in [6.07, 6.45) is 11.7. The lowest BCUT2D eigenvalue weighted by Crippen LogP contribution is -2.48. The fourth-order valence-corrected chi connectivity index (χ4v) is 11.2. The van der Waals surface area contributed by atoms with Crippen LogP contribution < -0.4 is 10.2 Å². The van der Waals surface area contributed by atoms with E-state index in [0.717, 1.165) is 80.7 Å². The number of carboxylic acids is 1. The van der Waals surface area contributed by atoms with E-state index in [0.29, 0.717) is 22.6 Å². The van der Waals surface area contributed by atoms with Gasteiger partial charge in [-0.3, -0.25) is 4.68 Å². The Morgan fingerprint density at radius 2 is 1.74 bits per heavy atom. The standard InChI is InChI=1S/C39H44N8O2S/c1-21(2)31-11-9-27-22(3)35(43-38-41-30-7-5-6-8-32(30)50-38)44-45-36(27)47(31)33-12-10-28(34(42-33)37(48)49)29-19-40-46(23(29)4)20-39-16-24-13-25(17-39)15-26(14-24)18-39/h5-8,10,12,19,21,24-26,31H,9,11,13-18,20H2,1-4H3,(H,48,49)(H,41,43,44). The lowest BCUT2D eigenvalue weighted by molar-refractivity contribution is -0.0638. The molecule has 0 saturated heterocycles. The van der Waals surface area contributed by atoms with Crippen molar-refractivity contribution in [3.63, 3.8) is 0 Å². The van der Waals surface area contributed by atoms with Gasteiger partial charge < -0.3 is 15.3 Å². The number of para-hydroxylation sites is 1. The van der Waals surface area contributed by atoms with Crippen molar-refractivity contribution in [3.8, 4) is 11.1 Å². The molecule has 0 spiro atoms. The molecule has 10 nitrogen and oxygen atoms in total. The quantitative estimate of drug-likeness (QED) is 0.165. The van der Waals surface area contributed by atoms with Crippen molar-refractivity contribution >= 4 is 50.1 Å². The van der Waals surface area contributed by atoms with Crippen molar-refractivity contribution in [2.24, 2.45) is 29.1 Å². The Morgan fingerprint density at radius 3 is 2.44 bits per heavy atom. The first-order chi connectivity index (χ1) is 24.1. The molecule has 5 aliphatic rings. The number of fused-ring (bicyclic) bond motifs is 2. The van der Waals surface area contributed by atoms with Crippen LogP contribution in [0.4, 0.5) is 22.6 Å². The van der Waals surface area contributed by atoms with Gasteiger partial charge in [-0.15, -0.1) is 10.2 Å². The molecule has 50 heavy (non-hydrogen) atoms. The maximum atomic E-state index is 12.9. The molecule has 5 heterocycles. The van der Waals surface area contributed by atoms with Gasteiger partial charge in [-0.05, 0) is 119 Å². The van der Waals surface area contributed by atoms with Gasteiger partial charge in [0.2, 0.25) is 0 Å². The predicted octanol–water partition coefficient (Wildman–Crippen LogP) is 8.73. The third kappa shape index (κ3) is 5.27. The Labute approximate surface area is 296 Å². The summed E-state index contributed by atoms with van der Waals surface area (Å²) in [4.78, 5) is 24.6. The summed E-state index contributed by atoms with van der Waals surface area (Å²) in [6.45, 7) is 9.46. The summed E-state index contributed by atoms with van der Waals surface area (Å²) >= 11 is 1.59. The molecule has 4 bridgehead atoms. The normalized spacial score (nSPS) is 25.4. The molecular weight excluding hydrogens is 645 g/mol. The number of aromatic nitrogens is 6. The van der Waals surface area contributed by atoms with Gasteiger partial charge in [0.15, 0.2) is 22.5 Å². The van der Waals surface area contributed by atoms with Gasteiger partial charge in [0.25, 0.3) is 0 Å². The van der Waals surface area contributed by atoms with Crippen LogP contribution in [0.5, 0.6) is 0 Å². The fraction of sp³-hybridized carbons (Fsp3) is 0.487. The number of nitrogens with one attached hydrogen (secondary N) is 1. The monoisotopic (exact) mass is 688 g/mol. The second-order valence-electron chi connectivity index (χ2n) is 15.9. The molecule has 0 radical (unpaired) electrons. The molecule has 4 fully saturated rings. The van der Waals surface area contributed by atoms with Crippen LogP contribution in [0.25, 0.3) is 21.3 Å². The molecule has 258 valence electrons. The molecule has 11 heteroatoms. The molecule has 1 aliphatic heterocycles. The maximum absolute atomic E-state index is 12.9. The van der Waals surface area contributed by atoms with Crippen molar-refractivity contribution in [2.75, 3.05) is 10.2 Å². The highest BCUT2D eigenvalue weighted by Gasteiger charge is 2.51. The summed E-state index contributed by atoms with van der Waals surface area (Å²) in [5, 5.41) is 29.0. The number of thiazole rings is 1. The SMILES string of the molecule is Cc1c(Nc2nc3ccccc3s2)nnc2c1CCC(C(C)C)N2c1ccc(-c2cnn(CC34CC5CC(CC(C5)C3)C4)c2C)c(C(=O)O)n1. The number of benzene rings is 1. The zero-order valence-corrected chi connectivity index (χ0v) is 30.0. The van der Waals surface area contributed by atoms with Crippen molar-refractivity contribution in [2.45, 2.75) is 91.6 Å². The van der Waals surface area contributed by atoms with Crippen LogP contribution in [-0.4, -0.2) is 47.1 Å². The molecule has 2 N–H and O–H groups in total. The summed E-state index contributed by atoms with van der Waals surface area (Å²) in [6, 6.07) is 12.0. The third-order valence-electron chi connectivity index (χ3n) is 12.2. The van der Waals surface area contributed by atoms with E-state index in [1.165, 1.54) is 38.5 Å². The van der Waals surface area contributed by atoms with Crippen molar-refractivity contribution in [1.29, 1.82) is 0 Å². The van der Waals surface area contributed by atoms with Gasteiger partial charge in [0.05, 0.1) is 16.4 Å². The molecule has 4 aromatic heterocycles. The Balaban J connectivity index is 1.04. The van der Waals surface area contributed by atoms with Crippen LogP contribution in [0.3, 0.4) is 0 Å². The molecule has 1 atom stereocenters. The van der Waals surface area contributed by atoms with Gasteiger partial charge in [-0.25, -0.2) is 14.8 Å². The van der Waals surface area contributed by atoms with Crippen molar-refractivity contribution in [3.05, 3.63) is 65.1 Å². The van der Waals surface area contributed by atoms with E-state index < -0.39 is 5.97 Å². The van der Waals surface area contributed by atoms with Crippen LogP contribution >= 0.6 is 11.3 Å². The predicted molar refractivity (Wildman–Crippen MR) is 197 cm³/mol. The van der Waals surface area contributed by atoms with Crippen LogP contribution in [0.15, 0.2) is 42.6 Å². The van der Waals surface area contributed by atoms with Gasteiger partial charge in [-0.2, -0.15) is 5.10 Å². The highest BCUT2D eigenvalue weighted by atomic mass is 32.1. The smallest absolute Gasteiger partial charge is 0.355 e. The minimum Gasteiger partial charge on any atom is -0.476 e. The number of hydrogen-bond acceptors (Lipinski definition) is 9. The van der Waals surface area contributed by atoms with E-state index in [9.17, 15) is 9.90 Å². The molecule has 4 saturated carbocycles. The zero-order valence-electron chi connectivity index (χ0n) is 29.2. The van der Waals surface area contributed by atoms with E-state index >= 15 is 0 Å². The summed E-state index contributed by atoms with van der Waals surface area (Å²) < 4.78 is 3.26. The van der Waals surface area contributed by atoms with Crippen molar-refractivity contribution < 1.29 is 9.90 Å². The number of nitrogens with zero attached hydrogens (tertiary/aromatic N) is 7. The summed E-state index contributed by atoms with van der Waals surface area (Å²) in [7, 11) is 0. The number of anilines is 4. The van der Waals surface area contributed by atoms with Gasteiger partial charge >= 0.3 is 5.97 Å². The Morgan fingerprint density at radius 1 is 1.00 bits per heavy atom. The van der Waals surface area contributed by atoms with Gasteiger partial charge in [0.1, 0.15) is 5.82 Å². The molecule has 1 unspecified atom stereocenters. The molecule has 0 amide bonds. The molecule has 5 aromatic rings. The van der Waals surface area contributed by atoms with Crippen LogP contribution in [0.2, 0.25) is 0 Å². The van der Waals surface area contributed by atoms with Crippen LogP contribution in [0.1, 0.15) is 86.1 Å². The number of hydrogen-bond donors (Lipinski definition) is 2. The third-order valence-corrected chi connectivity index (χ3v) is 13.2. The number of aromatic carboxylic acids is 1. The average molecular weight is 689 g/mol. The van der Waals surface area contributed by atoms with E-state index in [1.807, 2.05) is 36.5 Å². The average Bonchev–Trinajstić information content (AvgIpc) is 3.66. The molecule has 4 aliphatic carbocycles. The Kier molecular flexibility index (Phi) is 7.49. The second kappa shape index (κ2) is 11.9. The Hall–Kier alpha value is -4.38. The van der Waals surface area contributed by atoms with Gasteiger partial charge in [-0.1, -0.05) is 37.3 Å². The second-order valence-corrected chi connectivity index (χ2v) is 16.9. The fourth-order valence-electron chi connectivity index (χ4n) is 10.3. The van der Waals surface area contributed by atoms with Gasteiger partial charge in [0, 0.05) is 40.5 Å². The molecule has 10 rings (SSSR count).